The summed E-state index contributed by atoms with van der Waals surface area (Å²) in [4.78, 5) is 35.4. The molecule has 9 nitrogen and oxygen atoms in total. The number of anilines is 1. The number of fused-ring (bicyclic) bond motifs is 1. The molecule has 2 aromatic carbocycles. The molecule has 0 bridgehead atoms. The van der Waals surface area contributed by atoms with Gasteiger partial charge in [-0.15, -0.1) is 0 Å². The number of piperidine rings is 1. The fraction of sp³-hybridized carbons (Fsp3) is 0.323. The lowest BCUT2D eigenvalue weighted by Gasteiger charge is -2.33. The quantitative estimate of drug-likeness (QED) is 0.242. The first-order chi connectivity index (χ1) is 20.8. The third kappa shape index (κ3) is 6.39. The van der Waals surface area contributed by atoms with E-state index in [2.05, 4.69) is 21.8 Å². The first kappa shape index (κ1) is 31.0. The monoisotopic (exact) mass is 624 g/mol. The molecule has 3 N–H and O–H groups in total. The van der Waals surface area contributed by atoms with Crippen LogP contribution in [0.5, 0.6) is 0 Å². The number of hydrogen-bond acceptors (Lipinski definition) is 7. The highest BCUT2D eigenvalue weighted by Gasteiger charge is 2.34. The summed E-state index contributed by atoms with van der Waals surface area (Å²) in [6.45, 7) is 4.15. The van der Waals surface area contributed by atoms with E-state index in [-0.39, 0.29) is 29.8 Å². The van der Waals surface area contributed by atoms with Gasteiger partial charge in [0.2, 0.25) is 0 Å². The van der Waals surface area contributed by atoms with Crippen molar-refractivity contribution in [2.24, 2.45) is 0 Å². The standard InChI is InChI=1S/C31H28ClF3N6O3/c1-17-5-6-19(13-26(43)21-7-9-24(32)23(14-21)31(33,34)35)12-20(17)8-10-25-27-28(36)37-16-38-29(27)41(39-25)22-4-3-11-40(15-22)30(44)18(2)42/h5-7,9,12,14,16,18,22,42H,3-4,11,13,15H2,1-2H3,(H2,36,37,38)/t18-,22?/m0/s1. The summed E-state index contributed by atoms with van der Waals surface area (Å²) in [6, 6.07) is 8.09. The number of aryl methyl sites for hydroxylation is 1. The molecule has 0 aliphatic carbocycles. The highest BCUT2D eigenvalue weighted by Crippen LogP contribution is 2.35. The number of rotatable bonds is 5. The molecule has 0 saturated carbocycles. The second-order valence-electron chi connectivity index (χ2n) is 10.7. The number of nitrogens with two attached hydrogens (primary N) is 1. The molecule has 13 heteroatoms. The lowest BCUT2D eigenvalue weighted by atomic mass is 9.98. The summed E-state index contributed by atoms with van der Waals surface area (Å²) in [5.74, 6) is 5.47. The van der Waals surface area contributed by atoms with Crippen LogP contribution in [0.4, 0.5) is 19.0 Å². The lowest BCUT2D eigenvalue weighted by molar-refractivity contribution is -0.141. The topological polar surface area (TPSA) is 127 Å². The Hall–Kier alpha value is -4.47. The molecule has 1 unspecified atom stereocenters. The van der Waals surface area contributed by atoms with Crippen LogP contribution in [-0.2, 0) is 17.4 Å². The van der Waals surface area contributed by atoms with Gasteiger partial charge < -0.3 is 15.7 Å². The van der Waals surface area contributed by atoms with Crippen LogP contribution < -0.4 is 5.73 Å². The number of carbonyl (C=O) groups excluding carboxylic acids is 2. The number of halogens is 4. The van der Waals surface area contributed by atoms with Crippen LogP contribution in [0.1, 0.15) is 64.1 Å². The Morgan fingerprint density at radius 2 is 1.95 bits per heavy atom. The summed E-state index contributed by atoms with van der Waals surface area (Å²) < 4.78 is 41.6. The number of amides is 1. The number of aliphatic hydroxyl groups excluding tert-OH is 1. The van der Waals surface area contributed by atoms with E-state index in [1.807, 2.05) is 6.92 Å². The summed E-state index contributed by atoms with van der Waals surface area (Å²) in [6.07, 6.45) is -3.17. The van der Waals surface area contributed by atoms with Crippen molar-refractivity contribution in [2.75, 3.05) is 18.8 Å². The number of carbonyl (C=O) groups is 2. The van der Waals surface area contributed by atoms with Gasteiger partial charge in [0.1, 0.15) is 23.9 Å². The zero-order chi connectivity index (χ0) is 31.8. The minimum absolute atomic E-state index is 0.0983. The highest BCUT2D eigenvalue weighted by atomic mass is 35.5. The van der Waals surface area contributed by atoms with E-state index < -0.39 is 28.6 Å². The SMILES string of the molecule is Cc1ccc(CC(=O)c2ccc(Cl)c(C(F)(F)F)c2)cc1C#Cc1nn(C2CCCN(C(=O)[C@H](C)O)C2)c2ncnc(N)c12. The van der Waals surface area contributed by atoms with Crippen molar-refractivity contribution < 1.29 is 27.9 Å². The predicted octanol–water partition coefficient (Wildman–Crippen LogP) is 4.76. The van der Waals surface area contributed by atoms with Crippen molar-refractivity contribution in [1.29, 1.82) is 0 Å². The van der Waals surface area contributed by atoms with E-state index in [1.54, 1.807) is 27.8 Å². The summed E-state index contributed by atoms with van der Waals surface area (Å²) in [5, 5.41) is 14.5. The molecule has 228 valence electrons. The molecule has 1 fully saturated rings. The number of aliphatic hydroxyl groups is 1. The Morgan fingerprint density at radius 3 is 2.68 bits per heavy atom. The van der Waals surface area contributed by atoms with Gasteiger partial charge in [-0.05, 0) is 68.0 Å². The van der Waals surface area contributed by atoms with Gasteiger partial charge in [-0.1, -0.05) is 29.7 Å². The largest absolute Gasteiger partial charge is 0.417 e. The Morgan fingerprint density at radius 1 is 1.18 bits per heavy atom. The van der Waals surface area contributed by atoms with Gasteiger partial charge in [0, 0.05) is 30.6 Å². The van der Waals surface area contributed by atoms with Gasteiger partial charge in [-0.25, -0.2) is 14.6 Å². The number of alkyl halides is 3. The van der Waals surface area contributed by atoms with E-state index >= 15 is 0 Å². The molecule has 1 aliphatic heterocycles. The fourth-order valence-electron chi connectivity index (χ4n) is 5.20. The highest BCUT2D eigenvalue weighted by molar-refractivity contribution is 6.31. The van der Waals surface area contributed by atoms with Crippen LogP contribution in [0.3, 0.4) is 0 Å². The molecule has 1 aliphatic rings. The summed E-state index contributed by atoms with van der Waals surface area (Å²) in [5.41, 5.74) is 7.82. The van der Waals surface area contributed by atoms with E-state index in [0.717, 1.165) is 24.1 Å². The number of likely N-dealkylation sites (tertiary alicyclic amines) is 1. The number of hydrogen-bond donors (Lipinski definition) is 2. The summed E-state index contributed by atoms with van der Waals surface area (Å²) in [7, 11) is 0. The molecule has 1 amide bonds. The minimum atomic E-state index is -4.68. The van der Waals surface area contributed by atoms with Crippen LogP contribution in [0, 0.1) is 18.8 Å². The third-order valence-electron chi connectivity index (χ3n) is 7.51. The first-order valence-corrected chi connectivity index (χ1v) is 14.2. The Bertz CT molecular complexity index is 1830. The maximum atomic E-state index is 13.3. The second kappa shape index (κ2) is 12.3. The third-order valence-corrected chi connectivity index (χ3v) is 7.84. The van der Waals surface area contributed by atoms with Gasteiger partial charge in [0.25, 0.3) is 5.91 Å². The van der Waals surface area contributed by atoms with E-state index in [4.69, 9.17) is 22.4 Å². The van der Waals surface area contributed by atoms with Crippen LogP contribution in [0.2, 0.25) is 5.02 Å². The number of aromatic nitrogens is 4. The minimum Gasteiger partial charge on any atom is -0.384 e. The molecule has 5 rings (SSSR count). The maximum absolute atomic E-state index is 13.3. The molecule has 44 heavy (non-hydrogen) atoms. The van der Waals surface area contributed by atoms with Gasteiger partial charge in [-0.2, -0.15) is 18.3 Å². The zero-order valence-electron chi connectivity index (χ0n) is 23.8. The fourth-order valence-corrected chi connectivity index (χ4v) is 5.42. The van der Waals surface area contributed by atoms with E-state index in [1.165, 1.54) is 19.3 Å². The molecular weight excluding hydrogens is 597 g/mol. The van der Waals surface area contributed by atoms with Crippen LogP contribution >= 0.6 is 11.6 Å². The van der Waals surface area contributed by atoms with E-state index in [9.17, 15) is 27.9 Å². The van der Waals surface area contributed by atoms with Crippen molar-refractivity contribution in [2.45, 2.75) is 51.4 Å². The lowest BCUT2D eigenvalue weighted by Crippen LogP contribution is -2.44. The average molecular weight is 625 g/mol. The summed E-state index contributed by atoms with van der Waals surface area (Å²) >= 11 is 5.70. The van der Waals surface area contributed by atoms with Gasteiger partial charge in [0.05, 0.1) is 22.0 Å². The Balaban J connectivity index is 1.44. The molecule has 0 radical (unpaired) electrons. The number of nitrogens with zero attached hydrogens (tertiary/aromatic N) is 5. The van der Waals surface area contributed by atoms with E-state index in [0.29, 0.717) is 47.4 Å². The molecule has 4 aromatic rings. The number of nitrogen functional groups attached to an aromatic ring is 1. The second-order valence-corrected chi connectivity index (χ2v) is 11.1. The zero-order valence-corrected chi connectivity index (χ0v) is 24.6. The van der Waals surface area contributed by atoms with Crippen molar-refractivity contribution in [1.82, 2.24) is 24.6 Å². The Labute approximate surface area is 255 Å². The van der Waals surface area contributed by atoms with Crippen molar-refractivity contribution in [3.05, 3.63) is 81.3 Å². The Kier molecular flexibility index (Phi) is 8.63. The van der Waals surface area contributed by atoms with Gasteiger partial charge >= 0.3 is 6.18 Å². The molecule has 1 saturated heterocycles. The average Bonchev–Trinajstić information content (AvgIpc) is 3.36. The molecule has 2 atom stereocenters. The van der Waals surface area contributed by atoms with Crippen LogP contribution in [0.25, 0.3) is 11.0 Å². The molecule has 0 spiro atoms. The van der Waals surface area contributed by atoms with Crippen LogP contribution in [0.15, 0.2) is 42.7 Å². The number of Topliss-reactive ketones (excluding diaryl/α,β-unsaturated/α-hetero) is 1. The van der Waals surface area contributed by atoms with Crippen LogP contribution in [-0.4, -0.2) is 60.6 Å². The molecule has 2 aromatic heterocycles. The maximum Gasteiger partial charge on any atom is 0.417 e. The smallest absolute Gasteiger partial charge is 0.384 e. The molecular formula is C31H28ClF3N6O3. The number of benzene rings is 2. The first-order valence-electron chi connectivity index (χ1n) is 13.8. The van der Waals surface area contributed by atoms with Crippen molar-refractivity contribution >= 4 is 40.1 Å². The predicted molar refractivity (Wildman–Crippen MR) is 158 cm³/mol. The van der Waals surface area contributed by atoms with Gasteiger partial charge in [-0.3, -0.25) is 9.59 Å². The molecule has 3 heterocycles. The number of ketones is 1. The normalized spacial score (nSPS) is 16.0. The van der Waals surface area contributed by atoms with Gasteiger partial charge in [0.15, 0.2) is 11.4 Å². The van der Waals surface area contributed by atoms with Crippen molar-refractivity contribution in [3.63, 3.8) is 0 Å². The van der Waals surface area contributed by atoms with Crippen molar-refractivity contribution in [3.8, 4) is 11.8 Å².